The minimum absolute atomic E-state index is 0.672. The Bertz CT molecular complexity index is 1070. The topological polar surface area (TPSA) is 18.5 Å². The van der Waals surface area contributed by atoms with Crippen LogP contribution in [-0.2, 0) is 8.85 Å². The van der Waals surface area contributed by atoms with Crippen molar-refractivity contribution in [3.05, 3.63) is 78.9 Å². The van der Waals surface area contributed by atoms with E-state index in [0.717, 1.165) is 0 Å². The third-order valence-corrected chi connectivity index (χ3v) is 7.21. The summed E-state index contributed by atoms with van der Waals surface area (Å²) in [5, 5.41) is 6.32. The lowest BCUT2D eigenvalue weighted by Crippen LogP contribution is -2.38. The van der Waals surface area contributed by atoms with Gasteiger partial charge in [-0.2, -0.15) is 0 Å². The van der Waals surface area contributed by atoms with E-state index in [1.54, 1.807) is 0 Å². The molecule has 2 nitrogen and oxygen atoms in total. The first kappa shape index (κ1) is 17.9. The molecule has 27 heavy (non-hydrogen) atoms. The maximum Gasteiger partial charge on any atom is 0.356 e. The SMILES string of the molecule is CCO[SiH](OCC)c1ccccc1-c1cccc2c1ccc1ccccc12. The van der Waals surface area contributed by atoms with E-state index in [9.17, 15) is 0 Å². The molecule has 0 radical (unpaired) electrons. The maximum absolute atomic E-state index is 6.03. The molecule has 0 aromatic heterocycles. The summed E-state index contributed by atoms with van der Waals surface area (Å²) in [6.07, 6.45) is 0. The van der Waals surface area contributed by atoms with Gasteiger partial charge in [0.2, 0.25) is 0 Å². The minimum atomic E-state index is -1.93. The summed E-state index contributed by atoms with van der Waals surface area (Å²) in [7, 11) is -1.93. The number of hydrogen-bond acceptors (Lipinski definition) is 2. The summed E-state index contributed by atoms with van der Waals surface area (Å²) in [4.78, 5) is 0. The largest absolute Gasteiger partial charge is 0.394 e. The van der Waals surface area contributed by atoms with Gasteiger partial charge in [0.1, 0.15) is 0 Å². The standard InChI is InChI=1S/C24H24O2Si/c1-3-25-27(26-4-2)24-15-8-7-12-23(24)21-14-9-13-20-19-11-6-5-10-18(19)16-17-22(20)21/h5-17,27H,3-4H2,1-2H3. The second-order valence-electron chi connectivity index (χ2n) is 6.52. The lowest BCUT2D eigenvalue weighted by Gasteiger charge is -2.19. The van der Waals surface area contributed by atoms with Crippen molar-refractivity contribution in [1.82, 2.24) is 0 Å². The lowest BCUT2D eigenvalue weighted by molar-refractivity contribution is 0.225. The number of rotatable bonds is 6. The van der Waals surface area contributed by atoms with Gasteiger partial charge in [-0.15, -0.1) is 0 Å². The summed E-state index contributed by atoms with van der Waals surface area (Å²) in [6, 6.07) is 28.1. The molecule has 0 atom stereocenters. The molecule has 0 unspecified atom stereocenters. The quantitative estimate of drug-likeness (QED) is 0.344. The van der Waals surface area contributed by atoms with Crippen molar-refractivity contribution in [2.24, 2.45) is 0 Å². The van der Waals surface area contributed by atoms with Gasteiger partial charge in [0.15, 0.2) is 0 Å². The highest BCUT2D eigenvalue weighted by atomic mass is 28.3. The molecule has 0 spiro atoms. The molecule has 0 fully saturated rings. The molecule has 4 rings (SSSR count). The average Bonchev–Trinajstić information content (AvgIpc) is 2.73. The van der Waals surface area contributed by atoms with Gasteiger partial charge in [-0.1, -0.05) is 78.9 Å². The average molecular weight is 373 g/mol. The van der Waals surface area contributed by atoms with Crippen LogP contribution in [0.1, 0.15) is 13.8 Å². The molecule has 0 heterocycles. The monoisotopic (exact) mass is 372 g/mol. The Balaban J connectivity index is 1.94. The van der Waals surface area contributed by atoms with Crippen molar-refractivity contribution in [2.75, 3.05) is 13.2 Å². The number of fused-ring (bicyclic) bond motifs is 3. The Morgan fingerprint density at radius 2 is 1.26 bits per heavy atom. The normalized spacial score (nSPS) is 11.5. The molecule has 0 N–H and O–H groups in total. The van der Waals surface area contributed by atoms with Gasteiger partial charge in [-0.25, -0.2) is 0 Å². The van der Waals surface area contributed by atoms with Gasteiger partial charge in [-0.3, -0.25) is 0 Å². The summed E-state index contributed by atoms with van der Waals surface area (Å²) in [5.41, 5.74) is 2.46. The molecule has 4 aromatic carbocycles. The van der Waals surface area contributed by atoms with Gasteiger partial charge in [0.05, 0.1) is 0 Å². The number of hydrogen-bond donors (Lipinski definition) is 0. The van der Waals surface area contributed by atoms with Crippen LogP contribution in [0, 0.1) is 0 Å². The molecular weight excluding hydrogens is 348 g/mol. The Labute approximate surface area is 162 Å². The minimum Gasteiger partial charge on any atom is -0.394 e. The maximum atomic E-state index is 6.03. The van der Waals surface area contributed by atoms with Crippen LogP contribution >= 0.6 is 0 Å². The second-order valence-corrected chi connectivity index (χ2v) is 8.47. The molecule has 0 bridgehead atoms. The Morgan fingerprint density at radius 1 is 0.593 bits per heavy atom. The highest BCUT2D eigenvalue weighted by Gasteiger charge is 2.21. The van der Waals surface area contributed by atoms with E-state index in [2.05, 4.69) is 78.9 Å². The van der Waals surface area contributed by atoms with Crippen LogP contribution in [-0.4, -0.2) is 22.5 Å². The predicted octanol–water partition coefficient (Wildman–Crippen LogP) is 5.16. The van der Waals surface area contributed by atoms with E-state index in [1.165, 1.54) is 37.9 Å². The van der Waals surface area contributed by atoms with E-state index in [-0.39, 0.29) is 0 Å². The van der Waals surface area contributed by atoms with Crippen LogP contribution in [0.3, 0.4) is 0 Å². The van der Waals surface area contributed by atoms with Crippen molar-refractivity contribution < 1.29 is 8.85 Å². The van der Waals surface area contributed by atoms with E-state index < -0.39 is 9.28 Å². The van der Waals surface area contributed by atoms with E-state index >= 15 is 0 Å². The zero-order chi connectivity index (χ0) is 18.6. The molecule has 3 heteroatoms. The van der Waals surface area contributed by atoms with E-state index in [0.29, 0.717) is 13.2 Å². The molecule has 0 aliphatic carbocycles. The van der Waals surface area contributed by atoms with Crippen LogP contribution < -0.4 is 5.19 Å². The van der Waals surface area contributed by atoms with Crippen LogP contribution in [0.25, 0.3) is 32.7 Å². The van der Waals surface area contributed by atoms with E-state index in [4.69, 9.17) is 8.85 Å². The molecule has 4 aromatic rings. The molecular formula is C24H24O2Si. The van der Waals surface area contributed by atoms with Crippen molar-refractivity contribution in [1.29, 1.82) is 0 Å². The molecule has 0 aliphatic rings. The Morgan fingerprint density at radius 3 is 2.07 bits per heavy atom. The van der Waals surface area contributed by atoms with Crippen LogP contribution in [0.4, 0.5) is 0 Å². The van der Waals surface area contributed by atoms with Crippen LogP contribution in [0.2, 0.25) is 0 Å². The lowest BCUT2D eigenvalue weighted by atomic mass is 9.95. The summed E-state index contributed by atoms with van der Waals surface area (Å²) >= 11 is 0. The Hall–Kier alpha value is -2.46. The molecule has 0 saturated heterocycles. The zero-order valence-corrected chi connectivity index (χ0v) is 17.0. The smallest absolute Gasteiger partial charge is 0.356 e. The fraction of sp³-hybridized carbons (Fsp3) is 0.167. The fourth-order valence-electron chi connectivity index (χ4n) is 3.75. The highest BCUT2D eigenvalue weighted by molar-refractivity contribution is 6.63. The van der Waals surface area contributed by atoms with Gasteiger partial charge in [0.25, 0.3) is 0 Å². The van der Waals surface area contributed by atoms with Crippen molar-refractivity contribution in [3.63, 3.8) is 0 Å². The second kappa shape index (κ2) is 8.05. The highest BCUT2D eigenvalue weighted by Crippen LogP contribution is 2.32. The summed E-state index contributed by atoms with van der Waals surface area (Å²) < 4.78 is 12.1. The summed E-state index contributed by atoms with van der Waals surface area (Å²) in [5.74, 6) is 0. The van der Waals surface area contributed by atoms with Crippen LogP contribution in [0.5, 0.6) is 0 Å². The first-order chi connectivity index (χ1) is 13.3. The third-order valence-electron chi connectivity index (χ3n) is 4.93. The number of benzene rings is 4. The fourth-order valence-corrected chi connectivity index (χ4v) is 5.59. The van der Waals surface area contributed by atoms with Gasteiger partial charge < -0.3 is 8.85 Å². The van der Waals surface area contributed by atoms with Crippen molar-refractivity contribution in [3.8, 4) is 11.1 Å². The molecule has 136 valence electrons. The van der Waals surface area contributed by atoms with Gasteiger partial charge in [0, 0.05) is 13.2 Å². The third kappa shape index (κ3) is 3.42. The first-order valence-corrected chi connectivity index (χ1v) is 11.1. The molecule has 0 amide bonds. The Kier molecular flexibility index (Phi) is 5.34. The van der Waals surface area contributed by atoms with Gasteiger partial charge in [-0.05, 0) is 51.7 Å². The molecule has 0 saturated carbocycles. The van der Waals surface area contributed by atoms with E-state index in [1.807, 2.05) is 13.8 Å². The van der Waals surface area contributed by atoms with Crippen molar-refractivity contribution >= 4 is 36.0 Å². The van der Waals surface area contributed by atoms with Crippen LogP contribution in [0.15, 0.2) is 78.9 Å². The van der Waals surface area contributed by atoms with Gasteiger partial charge >= 0.3 is 9.28 Å². The summed E-state index contributed by atoms with van der Waals surface area (Å²) in [6.45, 7) is 5.41. The first-order valence-electron chi connectivity index (χ1n) is 9.56. The molecule has 0 aliphatic heterocycles. The van der Waals surface area contributed by atoms with Crippen molar-refractivity contribution in [2.45, 2.75) is 13.8 Å². The zero-order valence-electron chi connectivity index (χ0n) is 15.8. The predicted molar refractivity (Wildman–Crippen MR) is 117 cm³/mol.